The molecule has 22 heavy (non-hydrogen) atoms. The Labute approximate surface area is 133 Å². The summed E-state index contributed by atoms with van der Waals surface area (Å²) in [5.41, 5.74) is 0.662. The Morgan fingerprint density at radius 3 is 2.45 bits per heavy atom. The number of amides is 2. The molecule has 1 aromatic heterocycles. The number of thiophene rings is 1. The molecule has 0 saturated heterocycles. The van der Waals surface area contributed by atoms with Crippen LogP contribution in [0.5, 0.6) is 5.75 Å². The largest absolute Gasteiger partial charge is 0.494 e. The first kappa shape index (κ1) is 16.0. The summed E-state index contributed by atoms with van der Waals surface area (Å²) in [6.45, 7) is 4.37. The molecular formula is C16H18N2O3S. The monoisotopic (exact) mass is 318 g/mol. The fourth-order valence-electron chi connectivity index (χ4n) is 1.81. The first-order chi connectivity index (χ1) is 10.6. The van der Waals surface area contributed by atoms with Crippen molar-refractivity contribution in [1.29, 1.82) is 0 Å². The summed E-state index contributed by atoms with van der Waals surface area (Å²) in [4.78, 5) is 25.3. The van der Waals surface area contributed by atoms with Crippen LogP contribution < -0.4 is 15.4 Å². The highest BCUT2D eigenvalue weighted by Crippen LogP contribution is 2.16. The summed E-state index contributed by atoms with van der Waals surface area (Å²) < 4.78 is 5.33. The van der Waals surface area contributed by atoms with E-state index in [1.165, 1.54) is 11.3 Å². The van der Waals surface area contributed by atoms with Crippen molar-refractivity contribution in [3.8, 4) is 5.75 Å². The molecule has 5 nitrogen and oxygen atoms in total. The van der Waals surface area contributed by atoms with E-state index in [9.17, 15) is 9.59 Å². The lowest BCUT2D eigenvalue weighted by molar-refractivity contribution is -0.115. The number of aryl methyl sites for hydroxylation is 1. The lowest BCUT2D eigenvalue weighted by Gasteiger charge is -2.07. The maximum Gasteiger partial charge on any atom is 0.261 e. The molecule has 2 N–H and O–H groups in total. The minimum Gasteiger partial charge on any atom is -0.494 e. The Morgan fingerprint density at radius 1 is 1.14 bits per heavy atom. The molecule has 1 heterocycles. The van der Waals surface area contributed by atoms with Crippen LogP contribution in [-0.2, 0) is 4.79 Å². The number of ether oxygens (including phenoxy) is 1. The first-order valence-corrected chi connectivity index (χ1v) is 7.77. The van der Waals surface area contributed by atoms with Crippen LogP contribution in [0.4, 0.5) is 5.69 Å². The molecule has 0 aliphatic heterocycles. The summed E-state index contributed by atoms with van der Waals surface area (Å²) in [5, 5.41) is 5.32. The number of nitrogens with one attached hydrogen (secondary N) is 2. The van der Waals surface area contributed by atoms with Gasteiger partial charge in [0.1, 0.15) is 5.75 Å². The minimum atomic E-state index is -0.272. The van der Waals surface area contributed by atoms with Gasteiger partial charge in [-0.05, 0) is 50.2 Å². The van der Waals surface area contributed by atoms with Crippen molar-refractivity contribution in [3.63, 3.8) is 0 Å². The molecule has 0 atom stereocenters. The van der Waals surface area contributed by atoms with Gasteiger partial charge in [-0.2, -0.15) is 0 Å². The van der Waals surface area contributed by atoms with Gasteiger partial charge in [0.25, 0.3) is 5.91 Å². The maximum atomic E-state index is 11.8. The van der Waals surface area contributed by atoms with Gasteiger partial charge in [-0.3, -0.25) is 9.59 Å². The van der Waals surface area contributed by atoms with E-state index in [1.54, 1.807) is 30.3 Å². The predicted octanol–water partition coefficient (Wildman–Crippen LogP) is 2.82. The van der Waals surface area contributed by atoms with E-state index in [2.05, 4.69) is 10.6 Å². The van der Waals surface area contributed by atoms with Crippen LogP contribution in [-0.4, -0.2) is 25.0 Å². The molecule has 0 unspecified atom stereocenters. The zero-order valence-electron chi connectivity index (χ0n) is 12.5. The number of hydrogen-bond donors (Lipinski definition) is 2. The van der Waals surface area contributed by atoms with Crippen LogP contribution in [0, 0.1) is 6.92 Å². The predicted molar refractivity (Wildman–Crippen MR) is 87.6 cm³/mol. The fraction of sp³-hybridized carbons (Fsp3) is 0.250. The molecule has 0 radical (unpaired) electrons. The highest BCUT2D eigenvalue weighted by molar-refractivity contribution is 7.13. The minimum absolute atomic E-state index is 0.0665. The van der Waals surface area contributed by atoms with Crippen LogP contribution in [0.1, 0.15) is 21.5 Å². The van der Waals surface area contributed by atoms with Crippen LogP contribution >= 0.6 is 11.3 Å². The van der Waals surface area contributed by atoms with Gasteiger partial charge >= 0.3 is 0 Å². The lowest BCUT2D eigenvalue weighted by atomic mass is 10.3. The van der Waals surface area contributed by atoms with Crippen LogP contribution in [0.3, 0.4) is 0 Å². The van der Waals surface area contributed by atoms with Gasteiger partial charge < -0.3 is 15.4 Å². The summed E-state index contributed by atoms with van der Waals surface area (Å²) >= 11 is 1.40. The van der Waals surface area contributed by atoms with Crippen molar-refractivity contribution < 1.29 is 14.3 Å². The number of rotatable bonds is 6. The Balaban J connectivity index is 1.81. The van der Waals surface area contributed by atoms with Gasteiger partial charge in [0, 0.05) is 10.6 Å². The molecular weight excluding hydrogens is 300 g/mol. The lowest BCUT2D eigenvalue weighted by Crippen LogP contribution is -2.32. The highest BCUT2D eigenvalue weighted by atomic mass is 32.1. The summed E-state index contributed by atoms with van der Waals surface area (Å²) in [6, 6.07) is 10.7. The number of anilines is 1. The van der Waals surface area contributed by atoms with Crippen LogP contribution in [0.15, 0.2) is 36.4 Å². The molecule has 116 valence electrons. The van der Waals surface area contributed by atoms with Gasteiger partial charge in [0.15, 0.2) is 0 Å². The van der Waals surface area contributed by atoms with Crippen molar-refractivity contribution in [3.05, 3.63) is 46.2 Å². The third-order valence-corrected chi connectivity index (χ3v) is 3.82. The second kappa shape index (κ2) is 7.61. The second-order valence-electron chi connectivity index (χ2n) is 4.60. The Kier molecular flexibility index (Phi) is 5.55. The van der Waals surface area contributed by atoms with E-state index in [1.807, 2.05) is 19.9 Å². The molecule has 1 aromatic carbocycles. The average molecular weight is 318 g/mol. The van der Waals surface area contributed by atoms with Gasteiger partial charge in [-0.1, -0.05) is 0 Å². The van der Waals surface area contributed by atoms with Crippen molar-refractivity contribution in [2.45, 2.75) is 13.8 Å². The third kappa shape index (κ3) is 4.60. The van der Waals surface area contributed by atoms with E-state index in [0.717, 1.165) is 10.6 Å². The van der Waals surface area contributed by atoms with Crippen molar-refractivity contribution >= 4 is 28.8 Å². The Bertz CT molecular complexity index is 650. The van der Waals surface area contributed by atoms with Crippen LogP contribution in [0.2, 0.25) is 0 Å². The highest BCUT2D eigenvalue weighted by Gasteiger charge is 2.10. The van der Waals surface area contributed by atoms with Crippen molar-refractivity contribution in [1.82, 2.24) is 5.32 Å². The number of carbonyl (C=O) groups is 2. The van der Waals surface area contributed by atoms with E-state index in [0.29, 0.717) is 17.2 Å². The fourth-order valence-corrected chi connectivity index (χ4v) is 2.59. The zero-order valence-corrected chi connectivity index (χ0v) is 13.3. The number of carbonyl (C=O) groups excluding carboxylic acids is 2. The number of benzene rings is 1. The molecule has 0 aliphatic rings. The quantitative estimate of drug-likeness (QED) is 0.860. The SMILES string of the molecule is CCOc1ccc(NC(=O)CNC(=O)c2ccc(C)s2)cc1. The molecule has 2 rings (SSSR count). The van der Waals surface area contributed by atoms with Crippen LogP contribution in [0.25, 0.3) is 0 Å². The zero-order chi connectivity index (χ0) is 15.9. The first-order valence-electron chi connectivity index (χ1n) is 6.96. The van der Waals surface area contributed by atoms with Gasteiger partial charge in [0.05, 0.1) is 18.0 Å². The van der Waals surface area contributed by atoms with E-state index in [-0.39, 0.29) is 18.4 Å². The van der Waals surface area contributed by atoms with E-state index >= 15 is 0 Å². The smallest absolute Gasteiger partial charge is 0.261 e. The van der Waals surface area contributed by atoms with Crippen molar-refractivity contribution in [2.75, 3.05) is 18.5 Å². The maximum absolute atomic E-state index is 11.8. The van der Waals surface area contributed by atoms with Gasteiger partial charge in [-0.15, -0.1) is 11.3 Å². The standard InChI is InChI=1S/C16H18N2O3S/c1-3-21-13-7-5-12(6-8-13)18-15(19)10-17-16(20)14-9-4-11(2)22-14/h4-9H,3,10H2,1-2H3,(H,17,20)(H,18,19). The van der Waals surface area contributed by atoms with Gasteiger partial charge in [0.2, 0.25) is 5.91 Å². The topological polar surface area (TPSA) is 67.4 Å². The summed E-state index contributed by atoms with van der Waals surface area (Å²) in [6.07, 6.45) is 0. The second-order valence-corrected chi connectivity index (χ2v) is 5.89. The average Bonchev–Trinajstić information content (AvgIpc) is 2.94. The summed E-state index contributed by atoms with van der Waals surface area (Å²) in [7, 11) is 0. The third-order valence-electron chi connectivity index (χ3n) is 2.82. The van der Waals surface area contributed by atoms with Gasteiger partial charge in [-0.25, -0.2) is 0 Å². The molecule has 6 heteroatoms. The Morgan fingerprint density at radius 2 is 1.86 bits per heavy atom. The van der Waals surface area contributed by atoms with Crippen molar-refractivity contribution in [2.24, 2.45) is 0 Å². The molecule has 0 saturated carbocycles. The molecule has 2 amide bonds. The molecule has 0 spiro atoms. The Hall–Kier alpha value is -2.34. The molecule has 2 aromatic rings. The molecule has 0 bridgehead atoms. The van der Waals surface area contributed by atoms with E-state index in [4.69, 9.17) is 4.74 Å². The van der Waals surface area contributed by atoms with E-state index < -0.39 is 0 Å². The number of hydrogen-bond acceptors (Lipinski definition) is 4. The molecule has 0 aliphatic carbocycles. The molecule has 0 fully saturated rings. The summed E-state index contributed by atoms with van der Waals surface area (Å²) in [5.74, 6) is 0.243. The normalized spacial score (nSPS) is 10.1.